The van der Waals surface area contributed by atoms with Gasteiger partial charge in [-0.25, -0.2) is 4.98 Å². The fraction of sp³-hybridized carbons (Fsp3) is 0.655. The minimum atomic E-state index is -0.245. The Kier molecular flexibility index (Phi) is 12.4. The molecule has 1 aromatic heterocycles. The van der Waals surface area contributed by atoms with E-state index in [0.29, 0.717) is 24.2 Å². The largest absolute Gasteiger partial charge is 0.458 e. The van der Waals surface area contributed by atoms with Gasteiger partial charge in [0.15, 0.2) is 0 Å². The van der Waals surface area contributed by atoms with Crippen molar-refractivity contribution in [1.29, 1.82) is 0 Å². The fourth-order valence-electron chi connectivity index (χ4n) is 4.20. The second-order valence-corrected chi connectivity index (χ2v) is 11.5. The molecule has 0 saturated heterocycles. The molecule has 0 aliphatic heterocycles. The lowest BCUT2D eigenvalue weighted by atomic mass is 9.69. The van der Waals surface area contributed by atoms with Crippen LogP contribution in [-0.4, -0.2) is 17.1 Å². The Morgan fingerprint density at radius 2 is 1.88 bits per heavy atom. The predicted molar refractivity (Wildman–Crippen MR) is 144 cm³/mol. The number of carbonyl (C=O) groups is 1. The first-order chi connectivity index (χ1) is 15.4. The Morgan fingerprint density at radius 1 is 1.21 bits per heavy atom. The number of hydrogen-bond donors (Lipinski definition) is 0. The van der Waals surface area contributed by atoms with Gasteiger partial charge in [-0.05, 0) is 68.4 Å². The van der Waals surface area contributed by atoms with Gasteiger partial charge in [-0.3, -0.25) is 4.79 Å². The van der Waals surface area contributed by atoms with Crippen molar-refractivity contribution < 1.29 is 9.53 Å². The second-order valence-electron chi connectivity index (χ2n) is 10.5. The van der Waals surface area contributed by atoms with E-state index in [4.69, 9.17) is 4.74 Å². The van der Waals surface area contributed by atoms with Crippen molar-refractivity contribution in [2.45, 2.75) is 101 Å². The summed E-state index contributed by atoms with van der Waals surface area (Å²) in [6.45, 7) is 23.4. The number of hydrogen-bond acceptors (Lipinski definition) is 4. The van der Waals surface area contributed by atoms with Crippen molar-refractivity contribution in [1.82, 2.24) is 4.98 Å². The molecule has 33 heavy (non-hydrogen) atoms. The van der Waals surface area contributed by atoms with Crippen LogP contribution in [0.3, 0.4) is 0 Å². The highest BCUT2D eigenvalue weighted by atomic mass is 32.1. The summed E-state index contributed by atoms with van der Waals surface area (Å²) in [5, 5.41) is 3.07. The van der Waals surface area contributed by atoms with Crippen LogP contribution in [0, 0.1) is 30.1 Å². The molecule has 0 aromatic carbocycles. The molecule has 1 rings (SSSR count). The molecule has 0 spiro atoms. The van der Waals surface area contributed by atoms with E-state index in [1.807, 2.05) is 25.3 Å². The maximum absolute atomic E-state index is 11.6. The third-order valence-electron chi connectivity index (χ3n) is 7.38. The van der Waals surface area contributed by atoms with Crippen LogP contribution in [0.4, 0.5) is 0 Å². The summed E-state index contributed by atoms with van der Waals surface area (Å²) in [5.74, 6) is 1.76. The van der Waals surface area contributed by atoms with Crippen LogP contribution < -0.4 is 0 Å². The summed E-state index contributed by atoms with van der Waals surface area (Å²) in [7, 11) is 0. The molecule has 0 amide bonds. The molecular weight excluding hydrogens is 426 g/mol. The number of nitrogens with zero attached hydrogens (tertiary/aromatic N) is 1. The Labute approximate surface area is 207 Å². The summed E-state index contributed by atoms with van der Waals surface area (Å²) in [6, 6.07) is 0. The molecule has 186 valence electrons. The first-order valence-electron chi connectivity index (χ1n) is 12.4. The normalized spacial score (nSPS) is 16.8. The SMILES string of the molecule is C=CC(C)(C)[C@H](C)[C@H](C)[C@@H](C)CCCC/C(C)=C\C[C@@H](OC(C)=O)/C(C)=C/c1csc(C)n1. The van der Waals surface area contributed by atoms with Gasteiger partial charge in [-0.15, -0.1) is 17.9 Å². The van der Waals surface area contributed by atoms with Crippen LogP contribution in [0.15, 0.2) is 35.3 Å². The number of aromatic nitrogens is 1. The molecule has 0 aliphatic rings. The molecule has 4 atom stereocenters. The van der Waals surface area contributed by atoms with Gasteiger partial charge < -0.3 is 4.74 Å². The zero-order valence-corrected chi connectivity index (χ0v) is 23.3. The third-order valence-corrected chi connectivity index (χ3v) is 8.17. The summed E-state index contributed by atoms with van der Waals surface area (Å²) in [4.78, 5) is 16.1. The number of ether oxygens (including phenoxy) is 1. The zero-order chi connectivity index (χ0) is 25.2. The van der Waals surface area contributed by atoms with Crippen LogP contribution in [0.25, 0.3) is 6.08 Å². The highest BCUT2D eigenvalue weighted by Crippen LogP contribution is 2.38. The standard InChI is InChI=1S/C29H47NO2S/c1-11-29(9,10)24(6)23(5)21(3)15-13-12-14-20(2)16-17-28(32-26(8)31)22(4)18-27-19-33-25(7)30-27/h11,16,18-19,21,23-24,28H,1,12-15,17H2,2-10H3/b20-16-,22-18+/t21-,23+,24+,28+/m0/s1. The number of unbranched alkanes of at least 4 members (excludes halogenated alkanes) is 1. The van der Waals surface area contributed by atoms with Crippen LogP contribution >= 0.6 is 11.3 Å². The zero-order valence-electron chi connectivity index (χ0n) is 22.5. The van der Waals surface area contributed by atoms with E-state index in [0.717, 1.165) is 22.7 Å². The molecule has 0 unspecified atom stereocenters. The van der Waals surface area contributed by atoms with Crippen molar-refractivity contribution in [3.63, 3.8) is 0 Å². The number of aryl methyl sites for hydroxylation is 1. The smallest absolute Gasteiger partial charge is 0.303 e. The lowest BCUT2D eigenvalue weighted by Gasteiger charge is -2.36. The van der Waals surface area contributed by atoms with Crippen LogP contribution in [0.1, 0.15) is 98.2 Å². The number of allylic oxidation sites excluding steroid dienone is 2. The van der Waals surface area contributed by atoms with Crippen LogP contribution in [0.2, 0.25) is 0 Å². The minimum Gasteiger partial charge on any atom is -0.458 e. The number of carbonyl (C=O) groups excluding carboxylic acids is 1. The first kappa shape index (κ1) is 29.4. The van der Waals surface area contributed by atoms with E-state index in [2.05, 4.69) is 65.3 Å². The van der Waals surface area contributed by atoms with Gasteiger partial charge in [-0.1, -0.05) is 65.2 Å². The van der Waals surface area contributed by atoms with Crippen molar-refractivity contribution in [2.75, 3.05) is 0 Å². The molecule has 1 aromatic rings. The Hall–Kier alpha value is -1.68. The summed E-state index contributed by atoms with van der Waals surface area (Å²) in [6.07, 6.45) is 11.6. The number of esters is 1. The molecular formula is C29H47NO2S. The van der Waals surface area contributed by atoms with Crippen LogP contribution in [-0.2, 0) is 9.53 Å². The Balaban J connectivity index is 2.56. The molecule has 0 aliphatic carbocycles. The third kappa shape index (κ3) is 10.4. The van der Waals surface area contributed by atoms with Gasteiger partial charge >= 0.3 is 5.97 Å². The molecule has 0 radical (unpaired) electrons. The lowest BCUT2D eigenvalue weighted by Crippen LogP contribution is -2.28. The molecule has 0 N–H and O–H groups in total. The molecule has 0 saturated carbocycles. The van der Waals surface area contributed by atoms with Crippen molar-refractivity contribution in [3.05, 3.63) is 46.0 Å². The lowest BCUT2D eigenvalue weighted by molar-refractivity contribution is -0.144. The van der Waals surface area contributed by atoms with Gasteiger partial charge in [0.2, 0.25) is 0 Å². The first-order valence-corrected chi connectivity index (χ1v) is 13.3. The highest BCUT2D eigenvalue weighted by Gasteiger charge is 2.29. The molecule has 4 heteroatoms. The van der Waals surface area contributed by atoms with Crippen molar-refractivity contribution in [2.24, 2.45) is 23.2 Å². The highest BCUT2D eigenvalue weighted by molar-refractivity contribution is 7.09. The van der Waals surface area contributed by atoms with Gasteiger partial charge in [0.25, 0.3) is 0 Å². The Morgan fingerprint density at radius 3 is 2.42 bits per heavy atom. The summed E-state index contributed by atoms with van der Waals surface area (Å²) < 4.78 is 5.60. The van der Waals surface area contributed by atoms with E-state index in [1.165, 1.54) is 31.8 Å². The summed E-state index contributed by atoms with van der Waals surface area (Å²) >= 11 is 1.63. The predicted octanol–water partition coefficient (Wildman–Crippen LogP) is 8.80. The molecule has 3 nitrogen and oxygen atoms in total. The fourth-order valence-corrected chi connectivity index (χ4v) is 4.77. The minimum absolute atomic E-state index is 0.177. The van der Waals surface area contributed by atoms with E-state index in [1.54, 1.807) is 11.3 Å². The van der Waals surface area contributed by atoms with Gasteiger partial charge in [0, 0.05) is 18.7 Å². The van der Waals surface area contributed by atoms with Crippen molar-refractivity contribution >= 4 is 23.4 Å². The second kappa shape index (κ2) is 13.9. The van der Waals surface area contributed by atoms with E-state index in [-0.39, 0.29) is 17.5 Å². The molecule has 0 fully saturated rings. The van der Waals surface area contributed by atoms with Gasteiger partial charge in [-0.2, -0.15) is 0 Å². The van der Waals surface area contributed by atoms with Crippen molar-refractivity contribution in [3.8, 4) is 0 Å². The Bertz CT molecular complexity index is 817. The number of rotatable bonds is 14. The monoisotopic (exact) mass is 473 g/mol. The average molecular weight is 474 g/mol. The van der Waals surface area contributed by atoms with E-state index < -0.39 is 0 Å². The molecule has 1 heterocycles. The van der Waals surface area contributed by atoms with Crippen LogP contribution in [0.5, 0.6) is 0 Å². The average Bonchev–Trinajstić information content (AvgIpc) is 3.16. The topological polar surface area (TPSA) is 39.2 Å². The van der Waals surface area contributed by atoms with Gasteiger partial charge in [0.05, 0.1) is 10.7 Å². The molecule has 0 bridgehead atoms. The maximum Gasteiger partial charge on any atom is 0.303 e. The quantitative estimate of drug-likeness (QED) is 0.154. The maximum atomic E-state index is 11.6. The number of thiazole rings is 1. The van der Waals surface area contributed by atoms with E-state index in [9.17, 15) is 4.79 Å². The van der Waals surface area contributed by atoms with Gasteiger partial charge in [0.1, 0.15) is 6.10 Å². The summed E-state index contributed by atoms with van der Waals surface area (Å²) in [5.41, 5.74) is 3.50. The van der Waals surface area contributed by atoms with E-state index >= 15 is 0 Å².